The van der Waals surface area contributed by atoms with Gasteiger partial charge in [-0.1, -0.05) is 12.1 Å². The second kappa shape index (κ2) is 7.09. The molecule has 0 amide bonds. The fourth-order valence-electron chi connectivity index (χ4n) is 2.67. The number of halogens is 1. The Labute approximate surface area is 149 Å². The first-order valence-corrected chi connectivity index (χ1v) is 8.45. The highest BCUT2D eigenvalue weighted by molar-refractivity contribution is 9.10. The van der Waals surface area contributed by atoms with Gasteiger partial charge in [-0.2, -0.15) is 0 Å². The normalized spacial score (nSPS) is 10.8. The Hall–Kier alpha value is -2.27. The molecule has 1 aromatic carbocycles. The van der Waals surface area contributed by atoms with E-state index in [2.05, 4.69) is 20.5 Å². The SMILES string of the molecule is Cc1cc(C(=O)COc2ccccc2Br)c(C)n1Cc1ccco1. The molecule has 0 saturated heterocycles. The molecule has 4 nitrogen and oxygen atoms in total. The number of furan rings is 1. The fourth-order valence-corrected chi connectivity index (χ4v) is 3.07. The van der Waals surface area contributed by atoms with Gasteiger partial charge < -0.3 is 13.7 Å². The molecule has 124 valence electrons. The lowest BCUT2D eigenvalue weighted by Gasteiger charge is -2.09. The summed E-state index contributed by atoms with van der Waals surface area (Å²) in [7, 11) is 0. The fraction of sp³-hybridized carbons (Fsp3) is 0.211. The molecule has 2 heterocycles. The van der Waals surface area contributed by atoms with Crippen LogP contribution in [0.5, 0.6) is 5.75 Å². The predicted molar refractivity (Wildman–Crippen MR) is 95.7 cm³/mol. The van der Waals surface area contributed by atoms with E-state index in [4.69, 9.17) is 9.15 Å². The molecular formula is C19H18BrNO3. The van der Waals surface area contributed by atoms with Crippen LogP contribution in [0.3, 0.4) is 0 Å². The van der Waals surface area contributed by atoms with Gasteiger partial charge in [-0.05, 0) is 60.1 Å². The number of para-hydroxylation sites is 1. The highest BCUT2D eigenvalue weighted by Crippen LogP contribution is 2.24. The van der Waals surface area contributed by atoms with E-state index in [0.717, 1.165) is 21.6 Å². The molecule has 3 aromatic rings. The molecule has 0 spiro atoms. The number of nitrogens with zero attached hydrogens (tertiary/aromatic N) is 1. The summed E-state index contributed by atoms with van der Waals surface area (Å²) in [4.78, 5) is 12.5. The van der Waals surface area contributed by atoms with Crippen molar-refractivity contribution in [3.05, 3.63) is 75.9 Å². The van der Waals surface area contributed by atoms with Crippen LogP contribution in [0.2, 0.25) is 0 Å². The Morgan fingerprint density at radius 3 is 2.71 bits per heavy atom. The number of aryl methyl sites for hydroxylation is 1. The maximum atomic E-state index is 12.5. The number of carbonyl (C=O) groups excluding carboxylic acids is 1. The molecule has 0 N–H and O–H groups in total. The van der Waals surface area contributed by atoms with Crippen LogP contribution in [0, 0.1) is 13.8 Å². The highest BCUT2D eigenvalue weighted by atomic mass is 79.9. The number of Topliss-reactive ketones (excluding diaryl/α,β-unsaturated/α-hetero) is 1. The van der Waals surface area contributed by atoms with Crippen LogP contribution in [-0.4, -0.2) is 17.0 Å². The van der Waals surface area contributed by atoms with Crippen LogP contribution < -0.4 is 4.74 Å². The molecule has 0 saturated carbocycles. The quantitative estimate of drug-likeness (QED) is 0.572. The Morgan fingerprint density at radius 2 is 2.00 bits per heavy atom. The van der Waals surface area contributed by atoms with Crippen molar-refractivity contribution in [2.45, 2.75) is 20.4 Å². The summed E-state index contributed by atoms with van der Waals surface area (Å²) in [5.41, 5.74) is 2.63. The number of ketones is 1. The number of ether oxygens (including phenoxy) is 1. The molecule has 3 rings (SSSR count). The zero-order valence-corrected chi connectivity index (χ0v) is 15.2. The topological polar surface area (TPSA) is 44.4 Å². The van der Waals surface area contributed by atoms with Gasteiger partial charge in [0.15, 0.2) is 6.61 Å². The summed E-state index contributed by atoms with van der Waals surface area (Å²) in [5.74, 6) is 1.49. The molecule has 5 heteroatoms. The van der Waals surface area contributed by atoms with E-state index in [-0.39, 0.29) is 12.4 Å². The van der Waals surface area contributed by atoms with Crippen molar-refractivity contribution >= 4 is 21.7 Å². The van der Waals surface area contributed by atoms with Crippen molar-refractivity contribution in [2.75, 3.05) is 6.61 Å². The first kappa shape index (κ1) is 16.6. The minimum absolute atomic E-state index is 0.00760. The highest BCUT2D eigenvalue weighted by Gasteiger charge is 2.17. The van der Waals surface area contributed by atoms with Crippen molar-refractivity contribution in [1.82, 2.24) is 4.57 Å². The zero-order valence-electron chi connectivity index (χ0n) is 13.6. The van der Waals surface area contributed by atoms with Gasteiger partial charge in [-0.15, -0.1) is 0 Å². The minimum atomic E-state index is -0.0375. The Bertz CT molecular complexity index is 850. The number of hydrogen-bond acceptors (Lipinski definition) is 3. The van der Waals surface area contributed by atoms with Crippen LogP contribution in [0.4, 0.5) is 0 Å². The number of rotatable bonds is 6. The van der Waals surface area contributed by atoms with Gasteiger partial charge in [-0.25, -0.2) is 0 Å². The van der Waals surface area contributed by atoms with Crippen LogP contribution in [0.15, 0.2) is 57.6 Å². The molecule has 0 aliphatic rings. The average Bonchev–Trinajstić information content (AvgIpc) is 3.17. The number of benzene rings is 1. The summed E-state index contributed by atoms with van der Waals surface area (Å²) in [6, 6.07) is 13.2. The van der Waals surface area contributed by atoms with Crippen LogP contribution in [-0.2, 0) is 6.54 Å². The Morgan fingerprint density at radius 1 is 1.21 bits per heavy atom. The van der Waals surface area contributed by atoms with E-state index in [0.29, 0.717) is 17.9 Å². The van der Waals surface area contributed by atoms with E-state index in [1.165, 1.54) is 0 Å². The van der Waals surface area contributed by atoms with E-state index in [9.17, 15) is 4.79 Å². The third-order valence-corrected chi connectivity index (χ3v) is 4.62. The zero-order chi connectivity index (χ0) is 17.1. The molecule has 0 aliphatic heterocycles. The monoisotopic (exact) mass is 387 g/mol. The molecule has 24 heavy (non-hydrogen) atoms. The number of hydrogen-bond donors (Lipinski definition) is 0. The molecular weight excluding hydrogens is 370 g/mol. The van der Waals surface area contributed by atoms with Gasteiger partial charge in [0.2, 0.25) is 5.78 Å². The lowest BCUT2D eigenvalue weighted by Crippen LogP contribution is -2.13. The van der Waals surface area contributed by atoms with Gasteiger partial charge in [0.1, 0.15) is 11.5 Å². The third-order valence-electron chi connectivity index (χ3n) is 3.96. The van der Waals surface area contributed by atoms with E-state index in [1.54, 1.807) is 6.26 Å². The van der Waals surface area contributed by atoms with Crippen molar-refractivity contribution in [3.8, 4) is 5.75 Å². The number of carbonyl (C=O) groups is 1. The summed E-state index contributed by atoms with van der Waals surface area (Å²) in [5, 5.41) is 0. The smallest absolute Gasteiger partial charge is 0.202 e. The molecule has 0 unspecified atom stereocenters. The first-order chi connectivity index (χ1) is 11.6. The Balaban J connectivity index is 1.74. The van der Waals surface area contributed by atoms with Gasteiger partial charge in [0.05, 0.1) is 17.3 Å². The van der Waals surface area contributed by atoms with Crippen LogP contribution in [0.1, 0.15) is 27.5 Å². The maximum Gasteiger partial charge on any atom is 0.202 e. The van der Waals surface area contributed by atoms with Gasteiger partial charge >= 0.3 is 0 Å². The largest absolute Gasteiger partial charge is 0.484 e. The van der Waals surface area contributed by atoms with Crippen molar-refractivity contribution in [1.29, 1.82) is 0 Å². The van der Waals surface area contributed by atoms with Crippen molar-refractivity contribution in [2.24, 2.45) is 0 Å². The van der Waals surface area contributed by atoms with Gasteiger partial charge in [-0.3, -0.25) is 4.79 Å². The molecule has 0 fully saturated rings. The summed E-state index contributed by atoms with van der Waals surface area (Å²) < 4.78 is 13.9. The van der Waals surface area contributed by atoms with E-state index < -0.39 is 0 Å². The number of aromatic nitrogens is 1. The van der Waals surface area contributed by atoms with E-state index >= 15 is 0 Å². The van der Waals surface area contributed by atoms with Gasteiger partial charge in [0, 0.05) is 17.0 Å². The van der Waals surface area contributed by atoms with Gasteiger partial charge in [0.25, 0.3) is 0 Å². The van der Waals surface area contributed by atoms with Crippen molar-refractivity contribution < 1.29 is 13.9 Å². The molecule has 2 aromatic heterocycles. The lowest BCUT2D eigenvalue weighted by molar-refractivity contribution is 0.0920. The summed E-state index contributed by atoms with van der Waals surface area (Å²) in [6.07, 6.45) is 1.65. The first-order valence-electron chi connectivity index (χ1n) is 7.66. The van der Waals surface area contributed by atoms with Crippen molar-refractivity contribution in [3.63, 3.8) is 0 Å². The second-order valence-electron chi connectivity index (χ2n) is 5.59. The summed E-state index contributed by atoms with van der Waals surface area (Å²) in [6.45, 7) is 4.56. The summed E-state index contributed by atoms with van der Waals surface area (Å²) >= 11 is 3.42. The van der Waals surface area contributed by atoms with Crippen LogP contribution >= 0.6 is 15.9 Å². The standard InChI is InChI=1S/C19H18BrNO3/c1-13-10-16(14(2)21(13)11-15-6-5-9-23-15)18(22)12-24-19-8-4-3-7-17(19)20/h3-10H,11-12H2,1-2H3. The lowest BCUT2D eigenvalue weighted by atomic mass is 10.1. The molecule has 0 radical (unpaired) electrons. The minimum Gasteiger partial charge on any atom is -0.484 e. The Kier molecular flexibility index (Phi) is 4.90. The third kappa shape index (κ3) is 3.46. The van der Waals surface area contributed by atoms with E-state index in [1.807, 2.05) is 56.3 Å². The predicted octanol–water partition coefficient (Wildman–Crippen LogP) is 4.77. The molecule has 0 atom stereocenters. The molecule has 0 aliphatic carbocycles. The maximum absolute atomic E-state index is 12.5. The van der Waals surface area contributed by atoms with Crippen LogP contribution in [0.25, 0.3) is 0 Å². The average molecular weight is 388 g/mol. The second-order valence-corrected chi connectivity index (χ2v) is 6.45. The molecule has 0 bridgehead atoms.